The first kappa shape index (κ1) is 13.4. The summed E-state index contributed by atoms with van der Waals surface area (Å²) in [5, 5.41) is 19.0. The number of aliphatic carboxylic acids is 1. The zero-order valence-corrected chi connectivity index (χ0v) is 10.1. The molecule has 1 heterocycles. The number of rotatable bonds is 3. The van der Waals surface area contributed by atoms with Gasteiger partial charge in [0.1, 0.15) is 0 Å². The van der Waals surface area contributed by atoms with Gasteiger partial charge < -0.3 is 19.7 Å². The third-order valence-corrected chi connectivity index (χ3v) is 2.95. The van der Waals surface area contributed by atoms with Crippen LogP contribution in [0, 0.1) is 5.92 Å². The number of aliphatic hydroxyl groups excluding tert-OH is 1. The molecule has 5 heteroatoms. The van der Waals surface area contributed by atoms with E-state index in [4.69, 9.17) is 9.47 Å². The standard InChI is InChI=1S/C11H20O5/c1-6(2)15-11(10(13)14)5-9(12)7(3)8(4)16-11/h6-9,12H,5H2,1-4H3,(H,13,14). The molecule has 5 nitrogen and oxygen atoms in total. The lowest BCUT2D eigenvalue weighted by Gasteiger charge is -2.43. The summed E-state index contributed by atoms with van der Waals surface area (Å²) in [7, 11) is 0. The summed E-state index contributed by atoms with van der Waals surface area (Å²) in [5.74, 6) is -2.98. The number of carboxylic acids is 1. The first-order valence-electron chi connectivity index (χ1n) is 5.55. The maximum Gasteiger partial charge on any atom is 0.364 e. The fraction of sp³-hybridized carbons (Fsp3) is 0.909. The Balaban J connectivity index is 2.90. The Morgan fingerprint density at radius 2 is 2.06 bits per heavy atom. The van der Waals surface area contributed by atoms with E-state index >= 15 is 0 Å². The molecule has 1 aliphatic rings. The summed E-state index contributed by atoms with van der Waals surface area (Å²) in [4.78, 5) is 11.2. The van der Waals surface area contributed by atoms with Crippen LogP contribution in [-0.4, -0.2) is 40.3 Å². The van der Waals surface area contributed by atoms with Crippen molar-refractivity contribution in [3.63, 3.8) is 0 Å². The number of hydrogen-bond donors (Lipinski definition) is 2. The fourth-order valence-corrected chi connectivity index (χ4v) is 1.87. The molecule has 0 aromatic heterocycles. The Labute approximate surface area is 95.4 Å². The highest BCUT2D eigenvalue weighted by molar-refractivity contribution is 5.76. The topological polar surface area (TPSA) is 76.0 Å². The summed E-state index contributed by atoms with van der Waals surface area (Å²) in [6, 6.07) is 0. The summed E-state index contributed by atoms with van der Waals surface area (Å²) >= 11 is 0. The molecule has 0 aromatic rings. The Kier molecular flexibility index (Phi) is 3.93. The van der Waals surface area contributed by atoms with Gasteiger partial charge in [0.15, 0.2) is 0 Å². The van der Waals surface area contributed by atoms with Gasteiger partial charge in [0, 0.05) is 12.3 Å². The van der Waals surface area contributed by atoms with E-state index in [1.807, 2.05) is 6.92 Å². The molecule has 0 bridgehead atoms. The Bertz CT molecular complexity index is 251. The summed E-state index contributed by atoms with van der Waals surface area (Å²) in [6.07, 6.45) is -1.38. The second-order valence-electron chi connectivity index (χ2n) is 4.68. The number of hydrogen-bond acceptors (Lipinski definition) is 4. The highest BCUT2D eigenvalue weighted by atomic mass is 16.7. The van der Waals surface area contributed by atoms with E-state index in [1.54, 1.807) is 20.8 Å². The smallest absolute Gasteiger partial charge is 0.364 e. The van der Waals surface area contributed by atoms with Gasteiger partial charge >= 0.3 is 5.97 Å². The van der Waals surface area contributed by atoms with Gasteiger partial charge in [-0.3, -0.25) is 0 Å². The molecule has 4 unspecified atom stereocenters. The molecule has 94 valence electrons. The molecular formula is C11H20O5. The maximum atomic E-state index is 11.2. The molecule has 1 saturated heterocycles. The van der Waals surface area contributed by atoms with Gasteiger partial charge in [-0.2, -0.15) is 0 Å². The average Bonchev–Trinajstić information content (AvgIpc) is 2.12. The van der Waals surface area contributed by atoms with E-state index in [2.05, 4.69) is 0 Å². The van der Waals surface area contributed by atoms with E-state index < -0.39 is 17.9 Å². The lowest BCUT2D eigenvalue weighted by atomic mass is 9.89. The fourth-order valence-electron chi connectivity index (χ4n) is 1.87. The first-order valence-corrected chi connectivity index (χ1v) is 5.55. The predicted octanol–water partition coefficient (Wildman–Crippen LogP) is 0.998. The molecule has 0 amide bonds. The monoisotopic (exact) mass is 232 g/mol. The van der Waals surface area contributed by atoms with Crippen molar-refractivity contribution < 1.29 is 24.5 Å². The first-order chi connectivity index (χ1) is 7.28. The quantitative estimate of drug-likeness (QED) is 0.759. The zero-order chi connectivity index (χ0) is 12.5. The number of carboxylic acid groups (broad SMARTS) is 1. The van der Waals surface area contributed by atoms with Crippen molar-refractivity contribution in [2.75, 3.05) is 0 Å². The van der Waals surface area contributed by atoms with E-state index in [9.17, 15) is 15.0 Å². The van der Waals surface area contributed by atoms with Crippen LogP contribution in [0.4, 0.5) is 0 Å². The van der Waals surface area contributed by atoms with Crippen LogP contribution in [0.2, 0.25) is 0 Å². The van der Waals surface area contributed by atoms with Crippen LogP contribution in [0.25, 0.3) is 0 Å². The molecule has 0 aliphatic carbocycles. The molecule has 0 saturated carbocycles. The Morgan fingerprint density at radius 3 is 2.44 bits per heavy atom. The highest BCUT2D eigenvalue weighted by Crippen LogP contribution is 2.34. The third-order valence-electron chi connectivity index (χ3n) is 2.95. The van der Waals surface area contributed by atoms with Crippen molar-refractivity contribution in [3.05, 3.63) is 0 Å². The van der Waals surface area contributed by atoms with Crippen LogP contribution in [-0.2, 0) is 14.3 Å². The van der Waals surface area contributed by atoms with E-state index in [0.29, 0.717) is 0 Å². The highest BCUT2D eigenvalue weighted by Gasteiger charge is 2.50. The normalized spacial score (nSPS) is 40.0. The molecule has 0 aromatic carbocycles. The van der Waals surface area contributed by atoms with Crippen molar-refractivity contribution in [3.8, 4) is 0 Å². The van der Waals surface area contributed by atoms with E-state index in [0.717, 1.165) is 0 Å². The molecule has 0 spiro atoms. The SMILES string of the molecule is CC(C)OC1(C(=O)O)CC(O)C(C)C(C)O1. The van der Waals surface area contributed by atoms with Gasteiger partial charge in [-0.05, 0) is 20.8 Å². The van der Waals surface area contributed by atoms with Gasteiger partial charge in [-0.1, -0.05) is 6.92 Å². The molecule has 1 aliphatic heterocycles. The number of aliphatic hydroxyl groups is 1. The summed E-state index contributed by atoms with van der Waals surface area (Å²) < 4.78 is 10.8. The molecule has 4 atom stereocenters. The van der Waals surface area contributed by atoms with Crippen LogP contribution < -0.4 is 0 Å². The average molecular weight is 232 g/mol. The van der Waals surface area contributed by atoms with Crippen molar-refractivity contribution in [2.24, 2.45) is 5.92 Å². The van der Waals surface area contributed by atoms with E-state index in [-0.39, 0.29) is 24.5 Å². The van der Waals surface area contributed by atoms with Crippen molar-refractivity contribution in [1.29, 1.82) is 0 Å². The summed E-state index contributed by atoms with van der Waals surface area (Å²) in [5.41, 5.74) is 0. The second-order valence-corrected chi connectivity index (χ2v) is 4.68. The van der Waals surface area contributed by atoms with Crippen molar-refractivity contribution >= 4 is 5.97 Å². The van der Waals surface area contributed by atoms with Crippen molar-refractivity contribution in [1.82, 2.24) is 0 Å². The molecule has 16 heavy (non-hydrogen) atoms. The third kappa shape index (κ3) is 2.53. The van der Waals surface area contributed by atoms with Gasteiger partial charge in [-0.15, -0.1) is 0 Å². The number of ether oxygens (including phenoxy) is 2. The lowest BCUT2D eigenvalue weighted by molar-refractivity contribution is -0.307. The van der Waals surface area contributed by atoms with Crippen LogP contribution in [0.3, 0.4) is 0 Å². The number of carbonyl (C=O) groups is 1. The van der Waals surface area contributed by atoms with Gasteiger partial charge in [0.05, 0.1) is 18.3 Å². The molecule has 1 rings (SSSR count). The minimum absolute atomic E-state index is 0.0357. The van der Waals surface area contributed by atoms with Crippen LogP contribution in [0.15, 0.2) is 0 Å². The van der Waals surface area contributed by atoms with Crippen LogP contribution >= 0.6 is 0 Å². The van der Waals surface area contributed by atoms with E-state index in [1.165, 1.54) is 0 Å². The lowest BCUT2D eigenvalue weighted by Crippen LogP contribution is -2.56. The van der Waals surface area contributed by atoms with Gasteiger partial charge in [0.2, 0.25) is 0 Å². The molecule has 1 fully saturated rings. The molecule has 0 radical (unpaired) electrons. The minimum atomic E-state index is -1.71. The predicted molar refractivity (Wildman–Crippen MR) is 56.9 cm³/mol. The Morgan fingerprint density at radius 1 is 1.50 bits per heavy atom. The second kappa shape index (κ2) is 4.69. The molecule has 2 N–H and O–H groups in total. The largest absolute Gasteiger partial charge is 0.477 e. The molecular weight excluding hydrogens is 212 g/mol. The van der Waals surface area contributed by atoms with Gasteiger partial charge in [0.25, 0.3) is 5.79 Å². The maximum absolute atomic E-state index is 11.2. The zero-order valence-electron chi connectivity index (χ0n) is 10.1. The minimum Gasteiger partial charge on any atom is -0.477 e. The Hall–Kier alpha value is -0.650. The summed E-state index contributed by atoms with van der Waals surface area (Å²) in [6.45, 7) is 7.05. The van der Waals surface area contributed by atoms with Crippen LogP contribution in [0.1, 0.15) is 34.1 Å². The van der Waals surface area contributed by atoms with Gasteiger partial charge in [-0.25, -0.2) is 4.79 Å². The van der Waals surface area contributed by atoms with Crippen molar-refractivity contribution in [2.45, 2.75) is 58.2 Å². The van der Waals surface area contributed by atoms with Crippen LogP contribution in [0.5, 0.6) is 0 Å².